The molecule has 0 saturated heterocycles. The van der Waals surface area contributed by atoms with Gasteiger partial charge in [0.05, 0.1) is 0 Å². The number of rotatable bonds is 4. The van der Waals surface area contributed by atoms with Gasteiger partial charge in [-0.2, -0.15) is 0 Å². The van der Waals surface area contributed by atoms with Crippen molar-refractivity contribution in [2.75, 3.05) is 6.54 Å². The van der Waals surface area contributed by atoms with Gasteiger partial charge in [-0.25, -0.2) is 4.39 Å². The van der Waals surface area contributed by atoms with E-state index >= 15 is 0 Å². The summed E-state index contributed by atoms with van der Waals surface area (Å²) < 4.78 is 12.5. The van der Waals surface area contributed by atoms with Crippen LogP contribution in [0.1, 0.15) is 24.4 Å². The van der Waals surface area contributed by atoms with Crippen LogP contribution in [0.25, 0.3) is 0 Å². The summed E-state index contributed by atoms with van der Waals surface area (Å²) in [5.74, 6) is -0.227. The van der Waals surface area contributed by atoms with Crippen LogP contribution < -0.4 is 11.5 Å². The van der Waals surface area contributed by atoms with Crippen molar-refractivity contribution in [1.82, 2.24) is 0 Å². The van der Waals surface area contributed by atoms with Crippen molar-refractivity contribution in [2.45, 2.75) is 18.9 Å². The van der Waals surface area contributed by atoms with Crippen LogP contribution in [0.4, 0.5) is 4.39 Å². The molecule has 1 aromatic rings. The summed E-state index contributed by atoms with van der Waals surface area (Å²) in [6.45, 7) is 0.648. The summed E-state index contributed by atoms with van der Waals surface area (Å²) in [5.41, 5.74) is 12.2. The highest BCUT2D eigenvalue weighted by molar-refractivity contribution is 5.19. The molecule has 0 aliphatic heterocycles. The molecule has 1 aromatic carbocycles. The van der Waals surface area contributed by atoms with Crippen molar-refractivity contribution in [1.29, 1.82) is 0 Å². The highest BCUT2D eigenvalue weighted by atomic mass is 19.1. The molecular formula is C10H15FN2. The van der Waals surface area contributed by atoms with Crippen molar-refractivity contribution in [3.63, 3.8) is 0 Å². The fourth-order valence-electron chi connectivity index (χ4n) is 1.21. The van der Waals surface area contributed by atoms with Gasteiger partial charge in [0.25, 0.3) is 0 Å². The first-order valence-corrected chi connectivity index (χ1v) is 4.45. The van der Waals surface area contributed by atoms with E-state index in [4.69, 9.17) is 11.5 Å². The SMILES string of the molecule is NCCC[C@H](N)c1ccc(F)cc1. The highest BCUT2D eigenvalue weighted by Gasteiger charge is 2.04. The lowest BCUT2D eigenvalue weighted by molar-refractivity contribution is 0.607. The van der Waals surface area contributed by atoms with Gasteiger partial charge in [0.15, 0.2) is 0 Å². The van der Waals surface area contributed by atoms with Gasteiger partial charge in [0.2, 0.25) is 0 Å². The molecule has 3 heteroatoms. The van der Waals surface area contributed by atoms with E-state index in [0.29, 0.717) is 6.54 Å². The smallest absolute Gasteiger partial charge is 0.123 e. The lowest BCUT2D eigenvalue weighted by Crippen LogP contribution is -2.12. The van der Waals surface area contributed by atoms with E-state index in [-0.39, 0.29) is 11.9 Å². The first kappa shape index (κ1) is 10.2. The molecule has 1 atom stereocenters. The molecular weight excluding hydrogens is 167 g/mol. The standard InChI is InChI=1S/C10H15FN2/c11-9-5-3-8(4-6-9)10(13)2-1-7-12/h3-6,10H,1-2,7,12-13H2/t10-/m0/s1. The third-order valence-electron chi connectivity index (χ3n) is 2.02. The highest BCUT2D eigenvalue weighted by Crippen LogP contribution is 2.15. The van der Waals surface area contributed by atoms with E-state index in [0.717, 1.165) is 18.4 Å². The predicted octanol–water partition coefficient (Wildman–Crippen LogP) is 1.56. The van der Waals surface area contributed by atoms with Crippen LogP contribution >= 0.6 is 0 Å². The minimum atomic E-state index is -0.227. The zero-order valence-electron chi connectivity index (χ0n) is 7.54. The molecule has 0 aliphatic rings. The quantitative estimate of drug-likeness (QED) is 0.742. The maximum absolute atomic E-state index is 12.5. The van der Waals surface area contributed by atoms with E-state index in [1.165, 1.54) is 12.1 Å². The first-order valence-electron chi connectivity index (χ1n) is 4.45. The second kappa shape index (κ2) is 4.94. The molecule has 4 N–H and O–H groups in total. The number of nitrogens with two attached hydrogens (primary N) is 2. The zero-order valence-corrected chi connectivity index (χ0v) is 7.54. The van der Waals surface area contributed by atoms with Gasteiger partial charge >= 0.3 is 0 Å². The van der Waals surface area contributed by atoms with Gasteiger partial charge in [-0.15, -0.1) is 0 Å². The number of hydrogen-bond acceptors (Lipinski definition) is 2. The van der Waals surface area contributed by atoms with Crippen LogP contribution in [0.2, 0.25) is 0 Å². The molecule has 0 aliphatic carbocycles. The van der Waals surface area contributed by atoms with E-state index in [9.17, 15) is 4.39 Å². The summed E-state index contributed by atoms with van der Waals surface area (Å²) in [6.07, 6.45) is 1.75. The summed E-state index contributed by atoms with van der Waals surface area (Å²) in [7, 11) is 0. The summed E-state index contributed by atoms with van der Waals surface area (Å²) in [4.78, 5) is 0. The third kappa shape index (κ3) is 3.13. The van der Waals surface area contributed by atoms with Gasteiger partial charge in [0, 0.05) is 6.04 Å². The summed E-state index contributed by atoms with van der Waals surface area (Å²) >= 11 is 0. The van der Waals surface area contributed by atoms with Gasteiger partial charge in [-0.3, -0.25) is 0 Å². The molecule has 0 saturated carbocycles. The fourth-order valence-corrected chi connectivity index (χ4v) is 1.21. The van der Waals surface area contributed by atoms with Gasteiger partial charge < -0.3 is 11.5 Å². The van der Waals surface area contributed by atoms with Gasteiger partial charge in [-0.1, -0.05) is 12.1 Å². The minimum Gasteiger partial charge on any atom is -0.330 e. The second-order valence-electron chi connectivity index (χ2n) is 3.09. The average molecular weight is 182 g/mol. The Hall–Kier alpha value is -0.930. The molecule has 2 nitrogen and oxygen atoms in total. The normalized spacial score (nSPS) is 12.8. The number of halogens is 1. The molecule has 0 fully saturated rings. The Morgan fingerprint density at radius 3 is 2.38 bits per heavy atom. The molecule has 0 heterocycles. The lowest BCUT2D eigenvalue weighted by atomic mass is 10.0. The minimum absolute atomic E-state index is 0.0239. The van der Waals surface area contributed by atoms with Crippen LogP contribution in [0, 0.1) is 5.82 Å². The maximum atomic E-state index is 12.5. The molecule has 13 heavy (non-hydrogen) atoms. The molecule has 1 rings (SSSR count). The Bertz CT molecular complexity index is 246. The molecule has 0 spiro atoms. The van der Waals surface area contributed by atoms with Crippen LogP contribution in [0.15, 0.2) is 24.3 Å². The molecule has 0 bridgehead atoms. The van der Waals surface area contributed by atoms with Gasteiger partial charge in [0.1, 0.15) is 5.82 Å². The van der Waals surface area contributed by atoms with Crippen LogP contribution in [0.3, 0.4) is 0 Å². The van der Waals surface area contributed by atoms with Crippen molar-refractivity contribution in [3.05, 3.63) is 35.6 Å². The van der Waals surface area contributed by atoms with Crippen LogP contribution in [0.5, 0.6) is 0 Å². The van der Waals surface area contributed by atoms with E-state index in [2.05, 4.69) is 0 Å². The monoisotopic (exact) mass is 182 g/mol. The van der Waals surface area contributed by atoms with Crippen LogP contribution in [-0.2, 0) is 0 Å². The molecule has 0 aromatic heterocycles. The van der Waals surface area contributed by atoms with Crippen molar-refractivity contribution >= 4 is 0 Å². The van der Waals surface area contributed by atoms with E-state index in [1.54, 1.807) is 12.1 Å². The average Bonchev–Trinajstić information content (AvgIpc) is 2.15. The predicted molar refractivity (Wildman–Crippen MR) is 51.6 cm³/mol. The number of benzene rings is 1. The summed E-state index contributed by atoms with van der Waals surface area (Å²) in [6, 6.07) is 6.27. The second-order valence-corrected chi connectivity index (χ2v) is 3.09. The Morgan fingerprint density at radius 1 is 1.23 bits per heavy atom. The zero-order chi connectivity index (χ0) is 9.68. The fraction of sp³-hybridized carbons (Fsp3) is 0.400. The Labute approximate surface area is 77.7 Å². The Kier molecular flexibility index (Phi) is 3.86. The topological polar surface area (TPSA) is 52.0 Å². The van der Waals surface area contributed by atoms with Crippen LogP contribution in [-0.4, -0.2) is 6.54 Å². The van der Waals surface area contributed by atoms with Crippen molar-refractivity contribution in [3.8, 4) is 0 Å². The molecule has 72 valence electrons. The lowest BCUT2D eigenvalue weighted by Gasteiger charge is -2.10. The van der Waals surface area contributed by atoms with E-state index < -0.39 is 0 Å². The van der Waals surface area contributed by atoms with Crippen molar-refractivity contribution in [2.24, 2.45) is 11.5 Å². The Morgan fingerprint density at radius 2 is 1.85 bits per heavy atom. The third-order valence-corrected chi connectivity index (χ3v) is 2.02. The van der Waals surface area contributed by atoms with Gasteiger partial charge in [-0.05, 0) is 37.1 Å². The number of hydrogen-bond donors (Lipinski definition) is 2. The largest absolute Gasteiger partial charge is 0.330 e. The first-order chi connectivity index (χ1) is 6.24. The summed E-state index contributed by atoms with van der Waals surface area (Å²) in [5, 5.41) is 0. The molecule has 0 amide bonds. The molecule has 0 unspecified atom stereocenters. The Balaban J connectivity index is 2.55. The maximum Gasteiger partial charge on any atom is 0.123 e. The molecule has 0 radical (unpaired) electrons. The van der Waals surface area contributed by atoms with E-state index in [1.807, 2.05) is 0 Å². The van der Waals surface area contributed by atoms with Crippen molar-refractivity contribution < 1.29 is 4.39 Å².